The molecule has 0 N–H and O–H groups in total. The number of carbonyl (C=O) groups excluding carboxylic acids is 2. The Labute approximate surface area is 129 Å². The van der Waals surface area contributed by atoms with Crippen LogP contribution in [0.1, 0.15) is 27.0 Å². The highest BCUT2D eigenvalue weighted by Crippen LogP contribution is 2.29. The zero-order valence-electron chi connectivity index (χ0n) is 12.6. The summed E-state index contributed by atoms with van der Waals surface area (Å²) in [6.07, 6.45) is 0.273. The van der Waals surface area contributed by atoms with Gasteiger partial charge in [0.15, 0.2) is 5.78 Å². The van der Waals surface area contributed by atoms with Crippen LogP contribution in [-0.2, 0) is 17.8 Å². The molecule has 1 amide bonds. The molecule has 2 aromatic carbocycles. The summed E-state index contributed by atoms with van der Waals surface area (Å²) in [7, 11) is 3.44. The molecule has 2 aromatic rings. The summed E-state index contributed by atoms with van der Waals surface area (Å²) in [6, 6.07) is 12.8. The molecular formula is C18H17NO3. The molecule has 0 unspecified atom stereocenters. The van der Waals surface area contributed by atoms with Crippen LogP contribution in [0, 0.1) is 0 Å². The van der Waals surface area contributed by atoms with E-state index in [4.69, 9.17) is 4.74 Å². The standard InChI is InChI=1S/C18H17NO3/c1-19(2)17(20)10-12-7-8-16-15(9-12)18(21)14-6-4-3-5-13(14)11-22-16/h3-9H,10-11H2,1-2H3. The molecule has 0 saturated heterocycles. The summed E-state index contributed by atoms with van der Waals surface area (Å²) in [6.45, 7) is 0.380. The lowest BCUT2D eigenvalue weighted by molar-refractivity contribution is -0.127. The van der Waals surface area contributed by atoms with Crippen LogP contribution in [0.15, 0.2) is 42.5 Å². The van der Waals surface area contributed by atoms with Gasteiger partial charge in [-0.3, -0.25) is 9.59 Å². The molecule has 112 valence electrons. The number of carbonyl (C=O) groups is 2. The zero-order valence-corrected chi connectivity index (χ0v) is 12.6. The molecule has 4 heteroatoms. The van der Waals surface area contributed by atoms with Gasteiger partial charge in [0.05, 0.1) is 12.0 Å². The average Bonchev–Trinajstić information content (AvgIpc) is 2.65. The number of amides is 1. The predicted molar refractivity (Wildman–Crippen MR) is 83.0 cm³/mol. The topological polar surface area (TPSA) is 46.6 Å². The predicted octanol–water partition coefficient (Wildman–Crippen LogP) is 2.44. The second kappa shape index (κ2) is 5.64. The van der Waals surface area contributed by atoms with Crippen molar-refractivity contribution in [2.24, 2.45) is 0 Å². The fraction of sp³-hybridized carbons (Fsp3) is 0.222. The molecule has 1 aliphatic rings. The molecule has 4 nitrogen and oxygen atoms in total. The van der Waals surface area contributed by atoms with E-state index >= 15 is 0 Å². The van der Waals surface area contributed by atoms with Gasteiger partial charge in [0.1, 0.15) is 12.4 Å². The SMILES string of the molecule is CN(C)C(=O)Cc1ccc2c(c1)C(=O)c1ccccc1CO2. The van der Waals surface area contributed by atoms with E-state index in [0.29, 0.717) is 23.5 Å². The first-order valence-corrected chi connectivity index (χ1v) is 7.15. The van der Waals surface area contributed by atoms with E-state index in [1.54, 1.807) is 31.1 Å². The Hall–Kier alpha value is -2.62. The van der Waals surface area contributed by atoms with Gasteiger partial charge in [-0.1, -0.05) is 30.3 Å². The number of hydrogen-bond acceptors (Lipinski definition) is 3. The average molecular weight is 295 g/mol. The molecule has 0 spiro atoms. The van der Waals surface area contributed by atoms with Gasteiger partial charge in [0.2, 0.25) is 5.91 Å². The summed E-state index contributed by atoms with van der Waals surface area (Å²) in [5, 5.41) is 0. The van der Waals surface area contributed by atoms with Crippen LogP contribution in [0.4, 0.5) is 0 Å². The third-order valence-electron chi connectivity index (χ3n) is 3.79. The lowest BCUT2D eigenvalue weighted by Gasteiger charge is -2.12. The highest BCUT2D eigenvalue weighted by molar-refractivity contribution is 6.12. The Kier molecular flexibility index (Phi) is 3.67. The normalized spacial score (nSPS) is 12.7. The Balaban J connectivity index is 1.99. The molecule has 0 aliphatic carbocycles. The molecule has 3 rings (SSSR count). The fourth-order valence-electron chi connectivity index (χ4n) is 2.49. The molecular weight excluding hydrogens is 278 g/mol. The second-order valence-corrected chi connectivity index (χ2v) is 5.57. The van der Waals surface area contributed by atoms with E-state index < -0.39 is 0 Å². The van der Waals surface area contributed by atoms with Crippen molar-refractivity contribution in [3.63, 3.8) is 0 Å². The number of likely N-dealkylation sites (N-methyl/N-ethyl adjacent to an activating group) is 1. The zero-order chi connectivity index (χ0) is 15.7. The first-order valence-electron chi connectivity index (χ1n) is 7.15. The molecule has 0 bridgehead atoms. The van der Waals surface area contributed by atoms with Gasteiger partial charge in [0.25, 0.3) is 0 Å². The van der Waals surface area contributed by atoms with Crippen molar-refractivity contribution in [3.05, 3.63) is 64.7 Å². The van der Waals surface area contributed by atoms with Crippen LogP contribution >= 0.6 is 0 Å². The first-order chi connectivity index (χ1) is 10.6. The molecule has 1 heterocycles. The third kappa shape index (κ3) is 2.60. The molecule has 0 saturated carbocycles. The molecule has 0 fully saturated rings. The smallest absolute Gasteiger partial charge is 0.226 e. The van der Waals surface area contributed by atoms with Gasteiger partial charge >= 0.3 is 0 Å². The lowest BCUT2D eigenvalue weighted by Crippen LogP contribution is -2.23. The number of rotatable bonds is 2. The van der Waals surface area contributed by atoms with Crippen molar-refractivity contribution in [2.45, 2.75) is 13.0 Å². The quantitative estimate of drug-likeness (QED) is 0.855. The Morgan fingerprint density at radius 3 is 2.68 bits per heavy atom. The van der Waals surface area contributed by atoms with Crippen LogP contribution in [0.2, 0.25) is 0 Å². The molecule has 0 atom stereocenters. The highest BCUT2D eigenvalue weighted by atomic mass is 16.5. The number of ketones is 1. The molecule has 1 aliphatic heterocycles. The Morgan fingerprint density at radius 1 is 1.14 bits per heavy atom. The minimum absolute atomic E-state index is 0.00217. The maximum Gasteiger partial charge on any atom is 0.226 e. The van der Waals surface area contributed by atoms with Gasteiger partial charge in [-0.2, -0.15) is 0 Å². The molecule has 0 radical (unpaired) electrons. The number of hydrogen-bond donors (Lipinski definition) is 0. The van der Waals surface area contributed by atoms with E-state index in [0.717, 1.165) is 11.1 Å². The maximum absolute atomic E-state index is 12.7. The minimum atomic E-state index is -0.0535. The van der Waals surface area contributed by atoms with E-state index in [1.807, 2.05) is 30.3 Å². The van der Waals surface area contributed by atoms with Gasteiger partial charge in [-0.05, 0) is 17.7 Å². The van der Waals surface area contributed by atoms with Crippen molar-refractivity contribution in [1.82, 2.24) is 4.90 Å². The summed E-state index contributed by atoms with van der Waals surface area (Å²) in [5.41, 5.74) is 2.88. The van der Waals surface area contributed by atoms with Crippen molar-refractivity contribution in [2.75, 3.05) is 14.1 Å². The number of benzene rings is 2. The summed E-state index contributed by atoms with van der Waals surface area (Å²) >= 11 is 0. The highest BCUT2D eigenvalue weighted by Gasteiger charge is 2.22. The Morgan fingerprint density at radius 2 is 1.91 bits per heavy atom. The van der Waals surface area contributed by atoms with Crippen LogP contribution in [-0.4, -0.2) is 30.7 Å². The van der Waals surface area contributed by atoms with Crippen molar-refractivity contribution >= 4 is 11.7 Å². The molecule has 22 heavy (non-hydrogen) atoms. The van der Waals surface area contributed by atoms with E-state index in [-0.39, 0.29) is 18.1 Å². The van der Waals surface area contributed by atoms with Gasteiger partial charge < -0.3 is 9.64 Å². The van der Waals surface area contributed by atoms with Crippen LogP contribution in [0.25, 0.3) is 0 Å². The Bertz CT molecular complexity index is 750. The second-order valence-electron chi connectivity index (χ2n) is 5.57. The van der Waals surface area contributed by atoms with E-state index in [9.17, 15) is 9.59 Å². The minimum Gasteiger partial charge on any atom is -0.488 e. The van der Waals surface area contributed by atoms with Crippen LogP contribution in [0.3, 0.4) is 0 Å². The molecule has 0 aromatic heterocycles. The first kappa shape index (κ1) is 14.3. The van der Waals surface area contributed by atoms with Crippen molar-refractivity contribution in [3.8, 4) is 5.75 Å². The van der Waals surface area contributed by atoms with Gasteiger partial charge in [-0.25, -0.2) is 0 Å². The van der Waals surface area contributed by atoms with Crippen LogP contribution in [0.5, 0.6) is 5.75 Å². The number of fused-ring (bicyclic) bond motifs is 2. The lowest BCUT2D eigenvalue weighted by atomic mass is 9.97. The third-order valence-corrected chi connectivity index (χ3v) is 3.79. The fourth-order valence-corrected chi connectivity index (χ4v) is 2.49. The van der Waals surface area contributed by atoms with E-state index in [2.05, 4.69) is 0 Å². The maximum atomic E-state index is 12.7. The number of ether oxygens (including phenoxy) is 1. The van der Waals surface area contributed by atoms with Gasteiger partial charge in [-0.15, -0.1) is 0 Å². The van der Waals surface area contributed by atoms with Gasteiger partial charge in [0, 0.05) is 25.2 Å². The largest absolute Gasteiger partial charge is 0.488 e. The summed E-state index contributed by atoms with van der Waals surface area (Å²) < 4.78 is 5.74. The summed E-state index contributed by atoms with van der Waals surface area (Å²) in [4.78, 5) is 26.1. The summed E-state index contributed by atoms with van der Waals surface area (Å²) in [5.74, 6) is 0.520. The van der Waals surface area contributed by atoms with E-state index in [1.165, 1.54) is 0 Å². The monoisotopic (exact) mass is 295 g/mol. The number of nitrogens with zero attached hydrogens (tertiary/aromatic N) is 1. The van der Waals surface area contributed by atoms with Crippen LogP contribution < -0.4 is 4.74 Å². The van der Waals surface area contributed by atoms with Crippen molar-refractivity contribution < 1.29 is 14.3 Å². The van der Waals surface area contributed by atoms with Crippen molar-refractivity contribution in [1.29, 1.82) is 0 Å².